The first-order chi connectivity index (χ1) is 11.6. The predicted octanol–water partition coefficient (Wildman–Crippen LogP) is 4.19. The Balaban J connectivity index is 2.35. The van der Waals surface area contributed by atoms with Crippen molar-refractivity contribution in [1.29, 1.82) is 5.26 Å². The summed E-state index contributed by atoms with van der Waals surface area (Å²) in [7, 11) is 1.55. The minimum absolute atomic E-state index is 0.0741. The van der Waals surface area contributed by atoms with Gasteiger partial charge < -0.3 is 9.47 Å². The Morgan fingerprint density at radius 3 is 2.46 bits per heavy atom. The maximum Gasteiger partial charge on any atom is 0.203 e. The van der Waals surface area contributed by atoms with Gasteiger partial charge in [-0.2, -0.15) is 5.26 Å². The second kappa shape index (κ2) is 7.98. The van der Waals surface area contributed by atoms with Gasteiger partial charge in [-0.1, -0.05) is 35.9 Å². The smallest absolute Gasteiger partial charge is 0.203 e. The summed E-state index contributed by atoms with van der Waals surface area (Å²) in [5.74, 6) is 0.886. The van der Waals surface area contributed by atoms with Crippen LogP contribution in [0.2, 0.25) is 0 Å². The van der Waals surface area contributed by atoms with Crippen LogP contribution in [0.25, 0.3) is 6.08 Å². The van der Waals surface area contributed by atoms with Gasteiger partial charge in [-0.05, 0) is 37.6 Å². The minimum atomic E-state index is -0.301. The number of carbonyl (C=O) groups is 1. The van der Waals surface area contributed by atoms with E-state index in [2.05, 4.69) is 0 Å². The van der Waals surface area contributed by atoms with Crippen LogP contribution in [0.4, 0.5) is 0 Å². The molecular weight excluding hydrogens is 302 g/mol. The number of allylic oxidation sites excluding steroid dienone is 1. The number of hydrogen-bond donors (Lipinski definition) is 0. The van der Waals surface area contributed by atoms with Crippen LogP contribution >= 0.6 is 0 Å². The lowest BCUT2D eigenvalue weighted by molar-refractivity contribution is 0.104. The van der Waals surface area contributed by atoms with E-state index >= 15 is 0 Å². The Morgan fingerprint density at radius 2 is 1.88 bits per heavy atom. The van der Waals surface area contributed by atoms with Gasteiger partial charge in [-0.25, -0.2) is 0 Å². The summed E-state index contributed by atoms with van der Waals surface area (Å²) in [6.45, 7) is 4.36. The molecule has 2 aromatic carbocycles. The third kappa shape index (κ3) is 4.02. The standard InChI is InChI=1S/C20H19NO3/c1-4-24-18-10-7-15(12-19(18)23-3)11-17(13-21)20(22)16-8-5-14(2)6-9-16/h5-12H,4H2,1-3H3. The highest BCUT2D eigenvalue weighted by Crippen LogP contribution is 2.29. The van der Waals surface area contributed by atoms with Gasteiger partial charge >= 0.3 is 0 Å². The molecule has 0 saturated carbocycles. The topological polar surface area (TPSA) is 59.3 Å². The van der Waals surface area contributed by atoms with Crippen LogP contribution in [0.15, 0.2) is 48.0 Å². The number of Topliss-reactive ketones (excluding diaryl/α,β-unsaturated/α-hetero) is 1. The maximum absolute atomic E-state index is 12.5. The minimum Gasteiger partial charge on any atom is -0.493 e. The van der Waals surface area contributed by atoms with Crippen LogP contribution in [0, 0.1) is 18.3 Å². The molecule has 4 nitrogen and oxygen atoms in total. The van der Waals surface area contributed by atoms with Gasteiger partial charge in [-0.15, -0.1) is 0 Å². The number of hydrogen-bond acceptors (Lipinski definition) is 4. The number of nitriles is 1. The van der Waals surface area contributed by atoms with Crippen LogP contribution in [0.3, 0.4) is 0 Å². The zero-order valence-electron chi connectivity index (χ0n) is 14.0. The molecule has 122 valence electrons. The lowest BCUT2D eigenvalue weighted by Crippen LogP contribution is -2.02. The second-order valence-electron chi connectivity index (χ2n) is 5.21. The maximum atomic E-state index is 12.5. The monoisotopic (exact) mass is 321 g/mol. The van der Waals surface area contributed by atoms with Gasteiger partial charge in [0.1, 0.15) is 11.6 Å². The summed E-state index contributed by atoms with van der Waals surface area (Å²) in [5.41, 5.74) is 2.33. The van der Waals surface area contributed by atoms with Gasteiger partial charge in [0, 0.05) is 5.56 Å². The number of methoxy groups -OCH3 is 1. The van der Waals surface area contributed by atoms with Crippen molar-refractivity contribution in [2.45, 2.75) is 13.8 Å². The zero-order chi connectivity index (χ0) is 17.5. The summed E-state index contributed by atoms with van der Waals surface area (Å²) in [5, 5.41) is 9.34. The van der Waals surface area contributed by atoms with Crippen LogP contribution in [0.5, 0.6) is 11.5 Å². The van der Waals surface area contributed by atoms with Crippen molar-refractivity contribution in [2.24, 2.45) is 0 Å². The number of ether oxygens (including phenoxy) is 2. The zero-order valence-corrected chi connectivity index (χ0v) is 14.0. The lowest BCUT2D eigenvalue weighted by atomic mass is 10.0. The number of nitrogens with zero attached hydrogens (tertiary/aromatic N) is 1. The molecule has 0 amide bonds. The van der Waals surface area contributed by atoms with Gasteiger partial charge in [0.2, 0.25) is 5.78 Å². The molecular formula is C20H19NO3. The molecule has 0 aliphatic rings. The third-order valence-corrected chi connectivity index (χ3v) is 3.48. The summed E-state index contributed by atoms with van der Waals surface area (Å²) in [4.78, 5) is 12.5. The van der Waals surface area contributed by atoms with Crippen molar-refractivity contribution in [1.82, 2.24) is 0 Å². The highest BCUT2D eigenvalue weighted by Gasteiger charge is 2.13. The van der Waals surface area contributed by atoms with Crippen molar-refractivity contribution in [2.75, 3.05) is 13.7 Å². The average molecular weight is 321 g/mol. The van der Waals surface area contributed by atoms with Crippen LogP contribution in [-0.4, -0.2) is 19.5 Å². The van der Waals surface area contributed by atoms with E-state index in [-0.39, 0.29) is 11.4 Å². The lowest BCUT2D eigenvalue weighted by Gasteiger charge is -2.09. The van der Waals surface area contributed by atoms with Gasteiger partial charge in [0.05, 0.1) is 13.7 Å². The molecule has 0 atom stereocenters. The van der Waals surface area contributed by atoms with Crippen LogP contribution in [-0.2, 0) is 0 Å². The highest BCUT2D eigenvalue weighted by atomic mass is 16.5. The van der Waals surface area contributed by atoms with Crippen LogP contribution < -0.4 is 9.47 Å². The van der Waals surface area contributed by atoms with E-state index in [0.29, 0.717) is 29.2 Å². The first kappa shape index (κ1) is 17.3. The molecule has 0 aliphatic heterocycles. The van der Waals surface area contributed by atoms with E-state index in [1.807, 2.05) is 32.0 Å². The second-order valence-corrected chi connectivity index (χ2v) is 5.21. The fourth-order valence-corrected chi connectivity index (χ4v) is 2.22. The Kier molecular flexibility index (Phi) is 5.75. The average Bonchev–Trinajstić information content (AvgIpc) is 2.61. The number of ketones is 1. The summed E-state index contributed by atoms with van der Waals surface area (Å²) in [6.07, 6.45) is 1.56. The third-order valence-electron chi connectivity index (χ3n) is 3.48. The molecule has 0 aliphatic carbocycles. The van der Waals surface area contributed by atoms with E-state index in [4.69, 9.17) is 9.47 Å². The van der Waals surface area contributed by atoms with Crippen molar-refractivity contribution in [3.8, 4) is 17.6 Å². The van der Waals surface area contributed by atoms with Gasteiger partial charge in [0.25, 0.3) is 0 Å². The Bertz CT molecular complexity index is 799. The number of aryl methyl sites for hydroxylation is 1. The predicted molar refractivity (Wildman–Crippen MR) is 93.3 cm³/mol. The summed E-state index contributed by atoms with van der Waals surface area (Å²) >= 11 is 0. The fraction of sp³-hybridized carbons (Fsp3) is 0.200. The first-order valence-electron chi connectivity index (χ1n) is 7.63. The normalized spacial score (nSPS) is 10.8. The van der Waals surface area contributed by atoms with E-state index in [1.54, 1.807) is 43.5 Å². The van der Waals surface area contributed by atoms with Crippen molar-refractivity contribution < 1.29 is 14.3 Å². The number of benzene rings is 2. The van der Waals surface area contributed by atoms with Crippen molar-refractivity contribution in [3.63, 3.8) is 0 Å². The van der Waals surface area contributed by atoms with E-state index in [1.165, 1.54) is 0 Å². The molecule has 2 rings (SSSR count). The van der Waals surface area contributed by atoms with Gasteiger partial charge in [0.15, 0.2) is 11.5 Å². The molecule has 4 heteroatoms. The van der Waals surface area contributed by atoms with E-state index in [0.717, 1.165) is 5.56 Å². The van der Waals surface area contributed by atoms with E-state index < -0.39 is 0 Å². The van der Waals surface area contributed by atoms with Crippen LogP contribution in [0.1, 0.15) is 28.4 Å². The molecule has 0 radical (unpaired) electrons. The van der Waals surface area contributed by atoms with Gasteiger partial charge in [-0.3, -0.25) is 4.79 Å². The SMILES string of the molecule is CCOc1ccc(C=C(C#N)C(=O)c2ccc(C)cc2)cc1OC. The molecule has 0 spiro atoms. The molecule has 24 heavy (non-hydrogen) atoms. The first-order valence-corrected chi connectivity index (χ1v) is 7.63. The molecule has 0 heterocycles. The molecule has 0 bridgehead atoms. The largest absolute Gasteiger partial charge is 0.493 e. The molecule has 0 unspecified atom stereocenters. The number of rotatable bonds is 6. The van der Waals surface area contributed by atoms with Crippen molar-refractivity contribution in [3.05, 3.63) is 64.7 Å². The Hall–Kier alpha value is -3.06. The molecule has 0 saturated heterocycles. The molecule has 0 aromatic heterocycles. The van der Waals surface area contributed by atoms with E-state index in [9.17, 15) is 10.1 Å². The molecule has 0 N–H and O–H groups in total. The number of carbonyl (C=O) groups excluding carboxylic acids is 1. The summed E-state index contributed by atoms with van der Waals surface area (Å²) in [6, 6.07) is 14.4. The molecule has 0 fully saturated rings. The highest BCUT2D eigenvalue weighted by molar-refractivity contribution is 6.14. The Labute approximate surface area is 141 Å². The Morgan fingerprint density at radius 1 is 1.17 bits per heavy atom. The quantitative estimate of drug-likeness (QED) is 0.455. The fourth-order valence-electron chi connectivity index (χ4n) is 2.22. The van der Waals surface area contributed by atoms with Crippen molar-refractivity contribution >= 4 is 11.9 Å². The molecule has 2 aromatic rings. The summed E-state index contributed by atoms with van der Waals surface area (Å²) < 4.78 is 10.8.